The fourth-order valence-corrected chi connectivity index (χ4v) is 4.88. The highest BCUT2D eigenvalue weighted by atomic mass is 19.1. The average Bonchev–Trinajstić information content (AvgIpc) is 3.17. The molecule has 37 heavy (non-hydrogen) atoms. The lowest BCUT2D eigenvalue weighted by molar-refractivity contribution is 0.0603. The molecule has 4 aromatic rings. The number of carbonyl (C=O) groups is 1. The van der Waals surface area contributed by atoms with Gasteiger partial charge in [-0.1, -0.05) is 31.2 Å². The third kappa shape index (κ3) is 4.58. The van der Waals surface area contributed by atoms with Gasteiger partial charge >= 0.3 is 5.97 Å². The first-order valence-corrected chi connectivity index (χ1v) is 12.2. The number of esters is 1. The van der Waals surface area contributed by atoms with Crippen molar-refractivity contribution in [3.63, 3.8) is 0 Å². The molecule has 0 saturated heterocycles. The van der Waals surface area contributed by atoms with Crippen molar-refractivity contribution in [1.29, 1.82) is 5.26 Å². The fourth-order valence-electron chi connectivity index (χ4n) is 4.88. The number of aromatic nitrogens is 2. The van der Waals surface area contributed by atoms with Crippen LogP contribution in [0.4, 0.5) is 4.39 Å². The average molecular weight is 496 g/mol. The second-order valence-electron chi connectivity index (χ2n) is 8.93. The van der Waals surface area contributed by atoms with E-state index >= 15 is 0 Å². The molecule has 3 aromatic carbocycles. The van der Waals surface area contributed by atoms with E-state index in [1.165, 1.54) is 19.2 Å². The number of para-hydroxylation sites is 1. The zero-order chi connectivity index (χ0) is 25.9. The van der Waals surface area contributed by atoms with Crippen molar-refractivity contribution in [2.75, 3.05) is 7.11 Å². The van der Waals surface area contributed by atoms with Gasteiger partial charge in [0.25, 0.3) is 0 Å². The van der Waals surface area contributed by atoms with Gasteiger partial charge in [0.1, 0.15) is 29.5 Å². The Bertz CT molecular complexity index is 1580. The van der Waals surface area contributed by atoms with Crippen LogP contribution in [0, 0.1) is 17.1 Å². The molecular formula is C30H26FN3O3. The summed E-state index contributed by atoms with van der Waals surface area (Å²) in [5, 5.41) is 9.20. The number of fused-ring (bicyclic) bond motifs is 3. The summed E-state index contributed by atoms with van der Waals surface area (Å²) in [6.07, 6.45) is 3.78. The molecule has 0 aliphatic carbocycles. The van der Waals surface area contributed by atoms with Crippen LogP contribution in [-0.2, 0) is 24.3 Å². The van der Waals surface area contributed by atoms with Crippen molar-refractivity contribution in [3.05, 3.63) is 100 Å². The van der Waals surface area contributed by atoms with Gasteiger partial charge < -0.3 is 14.0 Å². The molecule has 0 fully saturated rings. The van der Waals surface area contributed by atoms with Gasteiger partial charge in [-0.05, 0) is 59.0 Å². The van der Waals surface area contributed by atoms with Crippen LogP contribution in [0.1, 0.15) is 58.2 Å². The molecule has 0 spiro atoms. The second-order valence-corrected chi connectivity index (χ2v) is 8.93. The van der Waals surface area contributed by atoms with E-state index < -0.39 is 5.97 Å². The van der Waals surface area contributed by atoms with Crippen LogP contribution < -0.4 is 4.74 Å². The Morgan fingerprint density at radius 3 is 2.84 bits per heavy atom. The molecule has 7 heteroatoms. The van der Waals surface area contributed by atoms with Crippen molar-refractivity contribution >= 4 is 22.6 Å². The van der Waals surface area contributed by atoms with E-state index in [4.69, 9.17) is 14.5 Å². The van der Waals surface area contributed by atoms with E-state index in [9.17, 15) is 14.4 Å². The van der Waals surface area contributed by atoms with Gasteiger partial charge in [0.2, 0.25) is 0 Å². The standard InChI is InChI=1S/C30H26FN3O3/c1-3-6-28-33-29-25(30(35)36-2)7-4-9-26(29)34(28)17-19-10-12-22-20(15-19)18-37-27-16-21(31)11-13-24(27)23(22)8-5-14-32/h4,7-13,15-16H,3,5-6,17-18H2,1-2H3/b23-8+. The first kappa shape index (κ1) is 24.3. The number of rotatable bonds is 6. The highest BCUT2D eigenvalue weighted by Crippen LogP contribution is 2.38. The predicted molar refractivity (Wildman–Crippen MR) is 139 cm³/mol. The van der Waals surface area contributed by atoms with Crippen molar-refractivity contribution in [2.24, 2.45) is 0 Å². The SMILES string of the molecule is CCCc1nc2c(C(=O)OC)cccc2n1Cc1ccc2c(c1)COc1cc(F)ccc1/C2=C/CC#N. The maximum absolute atomic E-state index is 14.0. The minimum absolute atomic E-state index is 0.233. The number of allylic oxidation sites excluding steroid dienone is 1. The van der Waals surface area contributed by atoms with E-state index in [0.717, 1.165) is 52.0 Å². The van der Waals surface area contributed by atoms with Crippen molar-refractivity contribution in [1.82, 2.24) is 9.55 Å². The van der Waals surface area contributed by atoms with Gasteiger partial charge in [-0.15, -0.1) is 0 Å². The van der Waals surface area contributed by atoms with E-state index in [0.29, 0.717) is 23.4 Å². The molecule has 5 rings (SSSR count). The Kier molecular flexibility index (Phi) is 6.74. The molecule has 0 amide bonds. The van der Waals surface area contributed by atoms with Crippen LogP contribution in [0.5, 0.6) is 5.75 Å². The highest BCUT2D eigenvalue weighted by Gasteiger charge is 2.21. The largest absolute Gasteiger partial charge is 0.488 e. The monoisotopic (exact) mass is 495 g/mol. The second kappa shape index (κ2) is 10.3. The molecule has 0 atom stereocenters. The number of hydrogen-bond acceptors (Lipinski definition) is 5. The number of nitrogens with zero attached hydrogens (tertiary/aromatic N) is 3. The number of nitriles is 1. The van der Waals surface area contributed by atoms with Crippen molar-refractivity contribution in [3.8, 4) is 11.8 Å². The Morgan fingerprint density at radius 1 is 1.22 bits per heavy atom. The Labute approximate surface area is 214 Å². The molecule has 6 nitrogen and oxygen atoms in total. The number of ether oxygens (including phenoxy) is 2. The molecule has 1 aliphatic rings. The lowest BCUT2D eigenvalue weighted by Crippen LogP contribution is -2.07. The molecule has 2 heterocycles. The van der Waals surface area contributed by atoms with Crippen LogP contribution in [0.3, 0.4) is 0 Å². The summed E-state index contributed by atoms with van der Waals surface area (Å²) >= 11 is 0. The lowest BCUT2D eigenvalue weighted by atomic mass is 9.92. The van der Waals surface area contributed by atoms with Crippen LogP contribution >= 0.6 is 0 Å². The van der Waals surface area contributed by atoms with E-state index in [1.54, 1.807) is 12.1 Å². The Balaban J connectivity index is 1.58. The van der Waals surface area contributed by atoms with Gasteiger partial charge in [-0.3, -0.25) is 0 Å². The number of benzene rings is 3. The number of imidazole rings is 1. The van der Waals surface area contributed by atoms with Crippen LogP contribution in [0.25, 0.3) is 16.6 Å². The number of aryl methyl sites for hydroxylation is 1. The number of carbonyl (C=O) groups excluding carboxylic acids is 1. The van der Waals surface area contributed by atoms with Gasteiger partial charge in [-0.2, -0.15) is 5.26 Å². The highest BCUT2D eigenvalue weighted by molar-refractivity contribution is 6.02. The minimum Gasteiger partial charge on any atom is -0.488 e. The van der Waals surface area contributed by atoms with Gasteiger partial charge in [-0.25, -0.2) is 14.2 Å². The first-order valence-electron chi connectivity index (χ1n) is 12.2. The lowest BCUT2D eigenvalue weighted by Gasteiger charge is -2.13. The molecule has 0 radical (unpaired) electrons. The summed E-state index contributed by atoms with van der Waals surface area (Å²) in [5.41, 5.74) is 6.53. The van der Waals surface area contributed by atoms with Crippen molar-refractivity contribution in [2.45, 2.75) is 39.3 Å². The number of methoxy groups -OCH3 is 1. The summed E-state index contributed by atoms with van der Waals surface area (Å²) in [6, 6.07) is 18.4. The molecule has 0 N–H and O–H groups in total. The first-order chi connectivity index (χ1) is 18.0. The maximum atomic E-state index is 14.0. The van der Waals surface area contributed by atoms with Crippen LogP contribution in [0.2, 0.25) is 0 Å². The molecule has 0 bridgehead atoms. The zero-order valence-electron chi connectivity index (χ0n) is 20.8. The van der Waals surface area contributed by atoms with Crippen molar-refractivity contribution < 1.29 is 18.7 Å². The molecule has 1 aromatic heterocycles. The summed E-state index contributed by atoms with van der Waals surface area (Å²) in [6.45, 7) is 2.94. The molecule has 0 saturated carbocycles. The van der Waals surface area contributed by atoms with Gasteiger partial charge in [0, 0.05) is 24.6 Å². The third-order valence-electron chi connectivity index (χ3n) is 6.55. The Morgan fingerprint density at radius 2 is 2.05 bits per heavy atom. The van der Waals surface area contributed by atoms with E-state index in [-0.39, 0.29) is 18.8 Å². The minimum atomic E-state index is -0.409. The van der Waals surface area contributed by atoms with E-state index in [2.05, 4.69) is 29.7 Å². The maximum Gasteiger partial charge on any atom is 0.340 e. The summed E-state index contributed by atoms with van der Waals surface area (Å²) in [4.78, 5) is 17.2. The summed E-state index contributed by atoms with van der Waals surface area (Å²) in [7, 11) is 1.37. The normalized spacial score (nSPS) is 13.4. The molecular weight excluding hydrogens is 469 g/mol. The number of halogens is 1. The molecule has 186 valence electrons. The fraction of sp³-hybridized carbons (Fsp3) is 0.233. The zero-order valence-corrected chi connectivity index (χ0v) is 20.8. The van der Waals surface area contributed by atoms with Crippen LogP contribution in [-0.4, -0.2) is 22.6 Å². The predicted octanol–water partition coefficient (Wildman–Crippen LogP) is 6.20. The van der Waals surface area contributed by atoms with E-state index in [1.807, 2.05) is 24.3 Å². The van der Waals surface area contributed by atoms with Gasteiger partial charge in [0.15, 0.2) is 0 Å². The molecule has 1 aliphatic heterocycles. The van der Waals surface area contributed by atoms with Crippen LogP contribution in [0.15, 0.2) is 60.7 Å². The van der Waals surface area contributed by atoms with Gasteiger partial charge in [0.05, 0.1) is 30.7 Å². The Hall–Kier alpha value is -4.44. The summed E-state index contributed by atoms with van der Waals surface area (Å²) in [5.74, 6) is 0.584. The third-order valence-corrected chi connectivity index (χ3v) is 6.55. The summed E-state index contributed by atoms with van der Waals surface area (Å²) < 4.78 is 27.1. The topological polar surface area (TPSA) is 77.1 Å². The quantitative estimate of drug-likeness (QED) is 0.298. The number of hydrogen-bond donors (Lipinski definition) is 0. The molecule has 0 unspecified atom stereocenters. The smallest absolute Gasteiger partial charge is 0.340 e.